The Morgan fingerprint density at radius 1 is 1.54 bits per heavy atom. The van der Waals surface area contributed by atoms with Gasteiger partial charge < -0.3 is 0 Å². The summed E-state index contributed by atoms with van der Waals surface area (Å²) in [5.41, 5.74) is 1.79. The van der Waals surface area contributed by atoms with Gasteiger partial charge in [-0.2, -0.15) is 0 Å². The molecule has 0 bridgehead atoms. The highest BCUT2D eigenvalue weighted by Crippen LogP contribution is 2.34. The molecule has 1 unspecified atom stereocenters. The third-order valence-electron chi connectivity index (χ3n) is 2.38. The minimum Gasteiger partial charge on any atom is -0.294 e. The highest BCUT2D eigenvalue weighted by molar-refractivity contribution is 9.10. The lowest BCUT2D eigenvalue weighted by Gasteiger charge is -2.00. The average Bonchev–Trinajstić information content (AvgIpc) is 2.32. The monoisotopic (exact) mass is 258 g/mol. The van der Waals surface area contributed by atoms with Gasteiger partial charge in [0.25, 0.3) is 0 Å². The molecule has 0 heterocycles. The lowest BCUT2D eigenvalue weighted by molar-refractivity contribution is 0.0946. The molecule has 13 heavy (non-hydrogen) atoms. The van der Waals surface area contributed by atoms with Crippen molar-refractivity contribution in [2.45, 2.75) is 13.3 Å². The minimum absolute atomic E-state index is 0.0850. The molecule has 0 saturated heterocycles. The molecule has 0 radical (unpaired) electrons. The molecule has 3 heteroatoms. The Balaban J connectivity index is 2.64. The molecule has 0 N–H and O–H groups in total. The zero-order valence-electron chi connectivity index (χ0n) is 7.10. The molecule has 0 spiro atoms. The Labute approximate surface area is 90.2 Å². The number of halogens is 2. The first kappa shape index (κ1) is 9.22. The fraction of sp³-hybridized carbons (Fsp3) is 0.300. The molecular weight excluding hydrogens is 251 g/mol. The number of hydrogen-bond acceptors (Lipinski definition) is 1. The van der Waals surface area contributed by atoms with E-state index in [4.69, 9.17) is 11.6 Å². The van der Waals surface area contributed by atoms with E-state index in [1.807, 2.05) is 19.1 Å². The third kappa shape index (κ3) is 1.42. The molecular formula is C10H8BrClO. The van der Waals surface area contributed by atoms with Crippen LogP contribution in [0.3, 0.4) is 0 Å². The topological polar surface area (TPSA) is 17.1 Å². The lowest BCUT2D eigenvalue weighted by atomic mass is 10.1. The van der Waals surface area contributed by atoms with Gasteiger partial charge in [-0.25, -0.2) is 0 Å². The summed E-state index contributed by atoms with van der Waals surface area (Å²) in [6, 6.07) is 3.69. The number of hydrogen-bond donors (Lipinski definition) is 0. The second kappa shape index (κ2) is 3.10. The molecule has 1 nitrogen and oxygen atoms in total. The van der Waals surface area contributed by atoms with E-state index in [-0.39, 0.29) is 11.7 Å². The second-order valence-corrected chi connectivity index (χ2v) is 4.71. The maximum Gasteiger partial charge on any atom is 0.166 e. The molecule has 68 valence electrons. The number of ketones is 1. The van der Waals surface area contributed by atoms with Crippen molar-refractivity contribution in [3.8, 4) is 0 Å². The summed E-state index contributed by atoms with van der Waals surface area (Å²) in [5.74, 6) is 0.292. The SMILES string of the molecule is CC1Cc2c(Cl)cc(Br)cc2C1=O. The van der Waals surface area contributed by atoms with Gasteiger partial charge in [-0.05, 0) is 24.1 Å². The first-order valence-electron chi connectivity index (χ1n) is 4.11. The van der Waals surface area contributed by atoms with Crippen molar-refractivity contribution in [2.24, 2.45) is 5.92 Å². The van der Waals surface area contributed by atoms with Crippen LogP contribution in [-0.4, -0.2) is 5.78 Å². The molecule has 1 aliphatic rings. The van der Waals surface area contributed by atoms with Gasteiger partial charge in [-0.1, -0.05) is 34.5 Å². The number of carbonyl (C=O) groups is 1. The van der Waals surface area contributed by atoms with Crippen molar-refractivity contribution < 1.29 is 4.79 Å². The van der Waals surface area contributed by atoms with Crippen LogP contribution in [0.1, 0.15) is 22.8 Å². The van der Waals surface area contributed by atoms with Crippen molar-refractivity contribution in [1.29, 1.82) is 0 Å². The fourth-order valence-electron chi connectivity index (χ4n) is 1.70. The molecule has 0 saturated carbocycles. The number of benzene rings is 1. The molecule has 0 aliphatic heterocycles. The van der Waals surface area contributed by atoms with Crippen LogP contribution in [0.15, 0.2) is 16.6 Å². The number of fused-ring (bicyclic) bond motifs is 1. The molecule has 1 aromatic carbocycles. The normalized spacial score (nSPS) is 20.5. The summed E-state index contributed by atoms with van der Waals surface area (Å²) in [7, 11) is 0. The van der Waals surface area contributed by atoms with Crippen LogP contribution >= 0.6 is 27.5 Å². The van der Waals surface area contributed by atoms with Crippen LogP contribution < -0.4 is 0 Å². The van der Waals surface area contributed by atoms with E-state index in [0.717, 1.165) is 22.0 Å². The molecule has 2 rings (SSSR count). The second-order valence-electron chi connectivity index (χ2n) is 3.38. The summed E-state index contributed by atoms with van der Waals surface area (Å²) < 4.78 is 0.874. The number of Topliss-reactive ketones (excluding diaryl/α,β-unsaturated/α-hetero) is 1. The smallest absolute Gasteiger partial charge is 0.166 e. The zero-order chi connectivity index (χ0) is 9.59. The van der Waals surface area contributed by atoms with E-state index >= 15 is 0 Å². The molecule has 1 aromatic rings. The van der Waals surface area contributed by atoms with E-state index in [0.29, 0.717) is 5.02 Å². The lowest BCUT2D eigenvalue weighted by Crippen LogP contribution is -2.02. The van der Waals surface area contributed by atoms with Crippen LogP contribution in [0.2, 0.25) is 5.02 Å². The minimum atomic E-state index is 0.0850. The summed E-state index contributed by atoms with van der Waals surface area (Å²) in [4.78, 5) is 11.6. The third-order valence-corrected chi connectivity index (χ3v) is 3.18. The van der Waals surface area contributed by atoms with Gasteiger partial charge in [0.1, 0.15) is 0 Å². The fourth-order valence-corrected chi connectivity index (χ4v) is 2.58. The van der Waals surface area contributed by atoms with Crippen molar-refractivity contribution >= 4 is 33.3 Å². The maximum absolute atomic E-state index is 11.6. The zero-order valence-corrected chi connectivity index (χ0v) is 9.45. The van der Waals surface area contributed by atoms with Gasteiger partial charge >= 0.3 is 0 Å². The summed E-state index contributed by atoms with van der Waals surface area (Å²) in [6.45, 7) is 1.94. The van der Waals surface area contributed by atoms with Gasteiger partial charge in [0.15, 0.2) is 5.78 Å². The van der Waals surface area contributed by atoms with Gasteiger partial charge in [-0.3, -0.25) is 4.79 Å². The van der Waals surface area contributed by atoms with Crippen LogP contribution in [0.4, 0.5) is 0 Å². The summed E-state index contributed by atoms with van der Waals surface area (Å²) in [6.07, 6.45) is 0.778. The predicted molar refractivity (Wildman–Crippen MR) is 56.4 cm³/mol. The highest BCUT2D eigenvalue weighted by Gasteiger charge is 2.28. The maximum atomic E-state index is 11.6. The Bertz CT molecular complexity index is 387. The van der Waals surface area contributed by atoms with E-state index in [9.17, 15) is 4.79 Å². The van der Waals surface area contributed by atoms with Gasteiger partial charge in [-0.15, -0.1) is 0 Å². The van der Waals surface area contributed by atoms with Crippen LogP contribution in [0.5, 0.6) is 0 Å². The first-order chi connectivity index (χ1) is 6.09. The summed E-state index contributed by atoms with van der Waals surface area (Å²) in [5, 5.41) is 0.696. The molecule has 0 fully saturated rings. The van der Waals surface area contributed by atoms with Crippen LogP contribution in [0.25, 0.3) is 0 Å². The van der Waals surface area contributed by atoms with Gasteiger partial charge in [0, 0.05) is 21.0 Å². The van der Waals surface area contributed by atoms with E-state index in [2.05, 4.69) is 15.9 Å². The van der Waals surface area contributed by atoms with E-state index in [1.165, 1.54) is 0 Å². The number of rotatable bonds is 0. The van der Waals surface area contributed by atoms with E-state index < -0.39 is 0 Å². The largest absolute Gasteiger partial charge is 0.294 e. The van der Waals surface area contributed by atoms with Crippen molar-refractivity contribution in [2.75, 3.05) is 0 Å². The first-order valence-corrected chi connectivity index (χ1v) is 5.29. The van der Waals surface area contributed by atoms with Crippen LogP contribution in [0, 0.1) is 5.92 Å². The predicted octanol–water partition coefficient (Wildman–Crippen LogP) is 3.48. The molecule has 0 aromatic heterocycles. The standard InChI is InChI=1S/C10H8BrClO/c1-5-2-7-8(10(5)13)3-6(11)4-9(7)12/h3-5H,2H2,1H3. The van der Waals surface area contributed by atoms with Crippen molar-refractivity contribution in [3.63, 3.8) is 0 Å². The highest BCUT2D eigenvalue weighted by atomic mass is 79.9. The number of carbonyl (C=O) groups excluding carboxylic acids is 1. The Morgan fingerprint density at radius 2 is 2.23 bits per heavy atom. The molecule has 1 atom stereocenters. The summed E-state index contributed by atoms with van der Waals surface area (Å²) >= 11 is 9.35. The van der Waals surface area contributed by atoms with Gasteiger partial charge in [0.2, 0.25) is 0 Å². The quantitative estimate of drug-likeness (QED) is 0.697. The van der Waals surface area contributed by atoms with Gasteiger partial charge in [0.05, 0.1) is 0 Å². The van der Waals surface area contributed by atoms with Crippen molar-refractivity contribution in [3.05, 3.63) is 32.8 Å². The van der Waals surface area contributed by atoms with Crippen molar-refractivity contribution in [1.82, 2.24) is 0 Å². The molecule has 0 amide bonds. The Kier molecular flexibility index (Phi) is 2.20. The van der Waals surface area contributed by atoms with Crippen LogP contribution in [-0.2, 0) is 6.42 Å². The Morgan fingerprint density at radius 3 is 2.92 bits per heavy atom. The average molecular weight is 260 g/mol. The molecule has 1 aliphatic carbocycles. The Hall–Kier alpha value is -0.340. The van der Waals surface area contributed by atoms with E-state index in [1.54, 1.807) is 0 Å².